The Morgan fingerprint density at radius 3 is 2.95 bits per heavy atom. The van der Waals surface area contributed by atoms with Crippen molar-refractivity contribution in [1.29, 1.82) is 0 Å². The van der Waals surface area contributed by atoms with Gasteiger partial charge in [0.25, 0.3) is 0 Å². The van der Waals surface area contributed by atoms with Crippen LogP contribution in [0.5, 0.6) is 0 Å². The van der Waals surface area contributed by atoms with Gasteiger partial charge in [-0.1, -0.05) is 0 Å². The number of carbonyl (C=O) groups is 2. The van der Waals surface area contributed by atoms with Crippen LogP contribution in [0.4, 0.5) is 5.69 Å². The van der Waals surface area contributed by atoms with Crippen molar-refractivity contribution in [2.75, 3.05) is 25.5 Å². The first-order valence-corrected chi connectivity index (χ1v) is 5.88. The van der Waals surface area contributed by atoms with Gasteiger partial charge in [-0.2, -0.15) is 0 Å². The Morgan fingerprint density at radius 2 is 2.32 bits per heavy atom. The summed E-state index contributed by atoms with van der Waals surface area (Å²) in [6.45, 7) is 0.658. The van der Waals surface area contributed by atoms with Crippen LogP contribution in [-0.4, -0.2) is 52.7 Å². The van der Waals surface area contributed by atoms with Crippen molar-refractivity contribution in [2.45, 2.75) is 12.5 Å². The van der Waals surface area contributed by atoms with Gasteiger partial charge >= 0.3 is 5.97 Å². The smallest absolute Gasteiger partial charge is 0.328 e. The number of aromatic nitrogens is 1. The first kappa shape index (κ1) is 13.3. The highest BCUT2D eigenvalue weighted by molar-refractivity contribution is 5.85. The normalized spacial score (nSPS) is 19.2. The van der Waals surface area contributed by atoms with Crippen LogP contribution in [-0.2, 0) is 20.7 Å². The van der Waals surface area contributed by atoms with Crippen LogP contribution in [0.25, 0.3) is 0 Å². The summed E-state index contributed by atoms with van der Waals surface area (Å²) in [5.74, 6) is -1.33. The Morgan fingerprint density at radius 1 is 1.53 bits per heavy atom. The molecule has 1 saturated heterocycles. The first-order chi connectivity index (χ1) is 9.08. The lowest BCUT2D eigenvalue weighted by molar-refractivity contribution is -0.158. The van der Waals surface area contributed by atoms with E-state index in [1.165, 1.54) is 11.1 Å². The Bertz CT molecular complexity index is 474. The molecule has 2 rings (SSSR count). The van der Waals surface area contributed by atoms with Crippen LogP contribution >= 0.6 is 0 Å². The highest BCUT2D eigenvalue weighted by Crippen LogP contribution is 2.10. The summed E-state index contributed by atoms with van der Waals surface area (Å²) in [4.78, 5) is 28.5. The highest BCUT2D eigenvalue weighted by atomic mass is 16.5. The van der Waals surface area contributed by atoms with Gasteiger partial charge in [-0.3, -0.25) is 9.78 Å². The third-order valence-electron chi connectivity index (χ3n) is 2.91. The number of nitrogens with two attached hydrogens (primary N) is 1. The molecule has 0 bridgehead atoms. The molecule has 0 radical (unpaired) electrons. The molecule has 1 aliphatic heterocycles. The van der Waals surface area contributed by atoms with Crippen LogP contribution in [0.3, 0.4) is 0 Å². The number of nitrogen functional groups attached to an aromatic ring is 1. The van der Waals surface area contributed by atoms with Crippen LogP contribution in [0.15, 0.2) is 18.3 Å². The number of morpholine rings is 1. The van der Waals surface area contributed by atoms with Crippen LogP contribution in [0.2, 0.25) is 0 Å². The maximum Gasteiger partial charge on any atom is 0.328 e. The van der Waals surface area contributed by atoms with E-state index in [0.29, 0.717) is 18.0 Å². The Hall–Kier alpha value is -2.15. The van der Waals surface area contributed by atoms with E-state index in [1.54, 1.807) is 12.1 Å². The molecule has 1 aromatic heterocycles. The van der Waals surface area contributed by atoms with Gasteiger partial charge in [0.05, 0.1) is 31.5 Å². The molecular weight excluding hydrogens is 250 g/mol. The summed E-state index contributed by atoms with van der Waals surface area (Å²) >= 11 is 0. The highest BCUT2D eigenvalue weighted by Gasteiger charge is 2.32. The van der Waals surface area contributed by atoms with Crippen molar-refractivity contribution >= 4 is 17.6 Å². The van der Waals surface area contributed by atoms with E-state index in [1.807, 2.05) is 0 Å². The molecule has 19 heavy (non-hydrogen) atoms. The van der Waals surface area contributed by atoms with Gasteiger partial charge in [-0.25, -0.2) is 4.79 Å². The minimum Gasteiger partial charge on any atom is -0.480 e. The zero-order chi connectivity index (χ0) is 13.8. The molecule has 7 heteroatoms. The van der Waals surface area contributed by atoms with E-state index in [2.05, 4.69) is 4.98 Å². The van der Waals surface area contributed by atoms with E-state index in [4.69, 9.17) is 15.6 Å². The average molecular weight is 265 g/mol. The van der Waals surface area contributed by atoms with E-state index in [-0.39, 0.29) is 25.5 Å². The van der Waals surface area contributed by atoms with Gasteiger partial charge in [0.15, 0.2) is 6.04 Å². The molecule has 0 spiro atoms. The molecular formula is C12H15N3O4. The number of anilines is 1. The lowest BCUT2D eigenvalue weighted by atomic mass is 10.2. The van der Waals surface area contributed by atoms with Gasteiger partial charge in [0.2, 0.25) is 5.91 Å². The summed E-state index contributed by atoms with van der Waals surface area (Å²) in [7, 11) is 0. The predicted octanol–water partition coefficient (Wildman–Crippen LogP) is -0.482. The Labute approximate surface area is 110 Å². The maximum atomic E-state index is 12.1. The van der Waals surface area contributed by atoms with Crippen molar-refractivity contribution in [1.82, 2.24) is 9.88 Å². The first-order valence-electron chi connectivity index (χ1n) is 5.88. The molecule has 1 aromatic rings. The second-order valence-electron chi connectivity index (χ2n) is 4.28. The molecule has 0 aliphatic carbocycles. The fourth-order valence-electron chi connectivity index (χ4n) is 1.90. The van der Waals surface area contributed by atoms with Crippen molar-refractivity contribution in [2.24, 2.45) is 0 Å². The zero-order valence-electron chi connectivity index (χ0n) is 10.3. The van der Waals surface area contributed by atoms with E-state index in [0.717, 1.165) is 0 Å². The fraction of sp³-hybridized carbons (Fsp3) is 0.417. The largest absolute Gasteiger partial charge is 0.480 e. The molecule has 1 unspecified atom stereocenters. The quantitative estimate of drug-likeness (QED) is 0.764. The minimum absolute atomic E-state index is 0.0240. The number of hydrogen-bond donors (Lipinski definition) is 2. The summed E-state index contributed by atoms with van der Waals surface area (Å²) in [6, 6.07) is 2.39. The predicted molar refractivity (Wildman–Crippen MR) is 66.3 cm³/mol. The summed E-state index contributed by atoms with van der Waals surface area (Å²) < 4.78 is 5.08. The number of hydrogen-bond acceptors (Lipinski definition) is 5. The summed E-state index contributed by atoms with van der Waals surface area (Å²) in [5.41, 5.74) is 6.59. The fourth-order valence-corrected chi connectivity index (χ4v) is 1.90. The van der Waals surface area contributed by atoms with E-state index in [9.17, 15) is 9.59 Å². The standard InChI is InChI=1S/C12H15N3O4/c13-8-1-2-9(14-6-8)5-11(16)15-3-4-19-7-10(15)12(17)18/h1-2,6,10H,3-5,7,13H2,(H,17,18). The second-order valence-corrected chi connectivity index (χ2v) is 4.28. The van der Waals surface area contributed by atoms with Crippen LogP contribution in [0, 0.1) is 0 Å². The van der Waals surface area contributed by atoms with Crippen LogP contribution in [0.1, 0.15) is 5.69 Å². The minimum atomic E-state index is -1.06. The van der Waals surface area contributed by atoms with Gasteiger partial charge < -0.3 is 20.5 Å². The number of carbonyl (C=O) groups excluding carboxylic acids is 1. The number of aliphatic carboxylic acids is 1. The second kappa shape index (κ2) is 5.66. The number of amides is 1. The van der Waals surface area contributed by atoms with Crippen molar-refractivity contribution in [3.8, 4) is 0 Å². The van der Waals surface area contributed by atoms with E-state index < -0.39 is 12.0 Å². The topological polar surface area (TPSA) is 106 Å². The van der Waals surface area contributed by atoms with Crippen molar-refractivity contribution in [3.05, 3.63) is 24.0 Å². The van der Waals surface area contributed by atoms with Crippen LogP contribution < -0.4 is 5.73 Å². The third kappa shape index (κ3) is 3.19. The summed E-state index contributed by atoms with van der Waals surface area (Å²) in [5, 5.41) is 9.05. The molecule has 1 atom stereocenters. The molecule has 1 aliphatic rings. The average Bonchev–Trinajstić information content (AvgIpc) is 2.41. The van der Waals surface area contributed by atoms with Crippen molar-refractivity contribution in [3.63, 3.8) is 0 Å². The Kier molecular flexibility index (Phi) is 3.96. The molecule has 1 fully saturated rings. The van der Waals surface area contributed by atoms with Gasteiger partial charge in [-0.05, 0) is 12.1 Å². The molecule has 102 valence electrons. The monoisotopic (exact) mass is 265 g/mol. The van der Waals surface area contributed by atoms with E-state index >= 15 is 0 Å². The van der Waals surface area contributed by atoms with Gasteiger partial charge in [-0.15, -0.1) is 0 Å². The summed E-state index contributed by atoms with van der Waals surface area (Å²) in [6.07, 6.45) is 1.53. The van der Waals surface area contributed by atoms with Gasteiger partial charge in [0, 0.05) is 12.2 Å². The number of ether oxygens (including phenoxy) is 1. The SMILES string of the molecule is Nc1ccc(CC(=O)N2CCOCC2C(=O)O)nc1. The number of rotatable bonds is 3. The van der Waals surface area contributed by atoms with Crippen molar-refractivity contribution < 1.29 is 19.4 Å². The number of carboxylic acids is 1. The molecule has 0 aromatic carbocycles. The zero-order valence-corrected chi connectivity index (χ0v) is 10.3. The molecule has 1 amide bonds. The van der Waals surface area contributed by atoms with Gasteiger partial charge in [0.1, 0.15) is 0 Å². The molecule has 0 saturated carbocycles. The number of pyridine rings is 1. The lowest BCUT2D eigenvalue weighted by Gasteiger charge is -2.32. The Balaban J connectivity index is 2.05. The maximum absolute atomic E-state index is 12.1. The molecule has 2 heterocycles. The third-order valence-corrected chi connectivity index (χ3v) is 2.91. The number of carboxylic acid groups (broad SMARTS) is 1. The molecule has 7 nitrogen and oxygen atoms in total. The number of nitrogens with zero attached hydrogens (tertiary/aromatic N) is 2. The molecule has 3 N–H and O–H groups in total. The lowest BCUT2D eigenvalue weighted by Crippen LogP contribution is -2.53.